The molecule has 1 heterocycles. The molecule has 0 radical (unpaired) electrons. The van der Waals surface area contributed by atoms with Crippen molar-refractivity contribution in [3.63, 3.8) is 0 Å². The van der Waals surface area contributed by atoms with E-state index in [1.165, 1.54) is 11.1 Å². The van der Waals surface area contributed by atoms with Crippen molar-refractivity contribution in [2.24, 2.45) is 5.92 Å². The number of pyridine rings is 1. The topological polar surface area (TPSA) is 42.0 Å². The van der Waals surface area contributed by atoms with E-state index in [-0.39, 0.29) is 17.7 Å². The van der Waals surface area contributed by atoms with Crippen LogP contribution in [0.15, 0.2) is 54.9 Å². The summed E-state index contributed by atoms with van der Waals surface area (Å²) < 4.78 is 0. The van der Waals surface area contributed by atoms with Gasteiger partial charge in [-0.3, -0.25) is 9.78 Å². The fourth-order valence-electron chi connectivity index (χ4n) is 2.26. The molecule has 1 amide bonds. The van der Waals surface area contributed by atoms with E-state index in [9.17, 15) is 4.79 Å². The van der Waals surface area contributed by atoms with Crippen molar-refractivity contribution >= 4 is 5.91 Å². The maximum absolute atomic E-state index is 11.8. The van der Waals surface area contributed by atoms with Gasteiger partial charge in [0.2, 0.25) is 5.91 Å². The first-order valence-electron chi connectivity index (χ1n) is 7.38. The second kappa shape index (κ2) is 7.58. The first kappa shape index (κ1) is 15.2. The summed E-state index contributed by atoms with van der Waals surface area (Å²) >= 11 is 0. The predicted molar refractivity (Wildman–Crippen MR) is 85.0 cm³/mol. The second-order valence-electron chi connectivity index (χ2n) is 5.57. The van der Waals surface area contributed by atoms with E-state index < -0.39 is 0 Å². The Kier molecular flexibility index (Phi) is 5.50. The number of benzene rings is 1. The number of aromatic nitrogens is 1. The summed E-state index contributed by atoms with van der Waals surface area (Å²) in [5, 5.41) is 3.05. The summed E-state index contributed by atoms with van der Waals surface area (Å²) in [7, 11) is 0. The lowest BCUT2D eigenvalue weighted by Gasteiger charge is -2.19. The fraction of sp³-hybridized carbons (Fsp3) is 0.333. The van der Waals surface area contributed by atoms with Gasteiger partial charge < -0.3 is 5.32 Å². The maximum atomic E-state index is 11.8. The van der Waals surface area contributed by atoms with Crippen molar-refractivity contribution in [2.45, 2.75) is 26.2 Å². The second-order valence-corrected chi connectivity index (χ2v) is 5.57. The summed E-state index contributed by atoms with van der Waals surface area (Å²) in [6, 6.07) is 14.4. The highest BCUT2D eigenvalue weighted by Crippen LogP contribution is 2.20. The number of hydrogen-bond acceptors (Lipinski definition) is 2. The van der Waals surface area contributed by atoms with Crippen LogP contribution < -0.4 is 5.32 Å². The summed E-state index contributed by atoms with van der Waals surface area (Å²) in [5.74, 6) is 0.393. The minimum Gasteiger partial charge on any atom is -0.355 e. The van der Waals surface area contributed by atoms with Gasteiger partial charge in [0, 0.05) is 30.8 Å². The van der Waals surface area contributed by atoms with Crippen molar-refractivity contribution in [3.05, 3.63) is 66.0 Å². The molecule has 1 N–H and O–H groups in total. The maximum Gasteiger partial charge on any atom is 0.222 e. The summed E-state index contributed by atoms with van der Waals surface area (Å²) in [6.07, 6.45) is 4.51. The molecule has 21 heavy (non-hydrogen) atoms. The van der Waals surface area contributed by atoms with E-state index in [1.807, 2.05) is 56.6 Å². The fourth-order valence-corrected chi connectivity index (χ4v) is 2.26. The molecule has 0 aliphatic heterocycles. The quantitative estimate of drug-likeness (QED) is 0.884. The van der Waals surface area contributed by atoms with E-state index in [2.05, 4.69) is 22.4 Å². The van der Waals surface area contributed by atoms with E-state index in [4.69, 9.17) is 0 Å². The Morgan fingerprint density at radius 3 is 2.38 bits per heavy atom. The summed E-state index contributed by atoms with van der Waals surface area (Å²) in [6.45, 7) is 4.48. The number of hydrogen-bond donors (Lipinski definition) is 1. The number of nitrogens with one attached hydrogen (secondary N) is 1. The van der Waals surface area contributed by atoms with Crippen LogP contribution in [0.4, 0.5) is 0 Å². The van der Waals surface area contributed by atoms with Crippen LogP contribution >= 0.6 is 0 Å². The molecular weight excluding hydrogens is 260 g/mol. The third-order valence-electron chi connectivity index (χ3n) is 3.55. The van der Waals surface area contributed by atoms with Crippen LogP contribution in [-0.4, -0.2) is 17.4 Å². The van der Waals surface area contributed by atoms with Crippen molar-refractivity contribution in [2.75, 3.05) is 6.54 Å². The van der Waals surface area contributed by atoms with E-state index >= 15 is 0 Å². The molecule has 1 unspecified atom stereocenters. The van der Waals surface area contributed by atoms with Crippen molar-refractivity contribution in [1.29, 1.82) is 0 Å². The van der Waals surface area contributed by atoms with Crippen LogP contribution in [0.25, 0.3) is 0 Å². The Balaban J connectivity index is 2.09. The third kappa shape index (κ3) is 4.71. The Morgan fingerprint density at radius 1 is 1.10 bits per heavy atom. The van der Waals surface area contributed by atoms with Gasteiger partial charge >= 0.3 is 0 Å². The molecule has 1 aromatic heterocycles. The van der Waals surface area contributed by atoms with Gasteiger partial charge in [-0.15, -0.1) is 0 Å². The lowest BCUT2D eigenvalue weighted by atomic mass is 9.92. The smallest absolute Gasteiger partial charge is 0.222 e. The molecule has 0 saturated carbocycles. The van der Waals surface area contributed by atoms with Crippen molar-refractivity contribution in [1.82, 2.24) is 10.3 Å². The number of nitrogens with zero attached hydrogens (tertiary/aromatic N) is 1. The van der Waals surface area contributed by atoms with Crippen molar-refractivity contribution in [3.8, 4) is 0 Å². The van der Waals surface area contributed by atoms with Crippen LogP contribution in [0, 0.1) is 5.92 Å². The zero-order valence-electron chi connectivity index (χ0n) is 12.6. The minimum atomic E-state index is 0.0161. The summed E-state index contributed by atoms with van der Waals surface area (Å²) in [5.41, 5.74) is 2.48. The first-order valence-corrected chi connectivity index (χ1v) is 7.38. The predicted octanol–water partition coefficient (Wildman–Crippen LogP) is 3.18. The van der Waals surface area contributed by atoms with Gasteiger partial charge in [0.25, 0.3) is 0 Å². The van der Waals surface area contributed by atoms with E-state index in [0.29, 0.717) is 6.54 Å². The largest absolute Gasteiger partial charge is 0.355 e. The van der Waals surface area contributed by atoms with Crippen LogP contribution in [0.5, 0.6) is 0 Å². The van der Waals surface area contributed by atoms with E-state index in [1.54, 1.807) is 0 Å². The molecule has 2 rings (SSSR count). The normalized spacial score (nSPS) is 12.1. The standard InChI is InChI=1S/C18H22N2O/c1-14(2)18(21)20-13-17(16-6-4-3-5-7-16)12-15-8-10-19-11-9-15/h3-11,14,17H,12-13H2,1-2H3,(H,20,21). The molecular formula is C18H22N2O. The first-order chi connectivity index (χ1) is 10.2. The van der Waals surface area contributed by atoms with Gasteiger partial charge in [-0.25, -0.2) is 0 Å². The molecule has 2 aromatic rings. The number of carbonyl (C=O) groups is 1. The van der Waals surface area contributed by atoms with Gasteiger partial charge in [-0.05, 0) is 29.7 Å². The monoisotopic (exact) mass is 282 g/mol. The number of rotatable bonds is 6. The molecule has 0 aliphatic rings. The molecule has 0 spiro atoms. The Bertz CT molecular complexity index is 552. The molecule has 0 fully saturated rings. The van der Waals surface area contributed by atoms with Crippen LogP contribution in [0.3, 0.4) is 0 Å². The molecule has 3 nitrogen and oxygen atoms in total. The van der Waals surface area contributed by atoms with Crippen molar-refractivity contribution < 1.29 is 4.79 Å². The molecule has 3 heteroatoms. The van der Waals surface area contributed by atoms with Gasteiger partial charge in [-0.2, -0.15) is 0 Å². The Hall–Kier alpha value is -2.16. The highest BCUT2D eigenvalue weighted by atomic mass is 16.1. The Morgan fingerprint density at radius 2 is 1.76 bits per heavy atom. The lowest BCUT2D eigenvalue weighted by molar-refractivity contribution is -0.124. The number of amides is 1. The molecule has 0 bridgehead atoms. The highest BCUT2D eigenvalue weighted by Gasteiger charge is 2.15. The highest BCUT2D eigenvalue weighted by molar-refractivity contribution is 5.77. The zero-order chi connectivity index (χ0) is 15.1. The Labute approximate surface area is 126 Å². The SMILES string of the molecule is CC(C)C(=O)NCC(Cc1ccncc1)c1ccccc1. The molecule has 110 valence electrons. The number of carbonyl (C=O) groups excluding carboxylic acids is 1. The van der Waals surface area contributed by atoms with E-state index in [0.717, 1.165) is 6.42 Å². The van der Waals surface area contributed by atoms with Gasteiger partial charge in [-0.1, -0.05) is 44.2 Å². The average molecular weight is 282 g/mol. The van der Waals surface area contributed by atoms with Crippen LogP contribution in [0.1, 0.15) is 30.9 Å². The summed E-state index contributed by atoms with van der Waals surface area (Å²) in [4.78, 5) is 15.9. The van der Waals surface area contributed by atoms with Gasteiger partial charge in [0.1, 0.15) is 0 Å². The lowest BCUT2D eigenvalue weighted by Crippen LogP contribution is -2.32. The minimum absolute atomic E-state index is 0.0161. The third-order valence-corrected chi connectivity index (χ3v) is 3.55. The van der Waals surface area contributed by atoms with Gasteiger partial charge in [0.05, 0.1) is 0 Å². The molecule has 1 aromatic carbocycles. The molecule has 0 aliphatic carbocycles. The molecule has 0 saturated heterocycles. The molecule has 1 atom stereocenters. The van der Waals surface area contributed by atoms with Gasteiger partial charge in [0.15, 0.2) is 0 Å². The van der Waals surface area contributed by atoms with Crippen LogP contribution in [-0.2, 0) is 11.2 Å². The van der Waals surface area contributed by atoms with Crippen LogP contribution in [0.2, 0.25) is 0 Å². The average Bonchev–Trinajstić information content (AvgIpc) is 2.52. The zero-order valence-corrected chi connectivity index (χ0v) is 12.6.